The van der Waals surface area contributed by atoms with Gasteiger partial charge in [-0.2, -0.15) is 0 Å². The number of aromatic amines is 2. The molecule has 1 aliphatic rings. The fourth-order valence-electron chi connectivity index (χ4n) is 1.73. The van der Waals surface area contributed by atoms with Gasteiger partial charge in [0.25, 0.3) is 5.56 Å². The molecule has 0 aromatic carbocycles. The summed E-state index contributed by atoms with van der Waals surface area (Å²) in [5, 5.41) is 9.11. The van der Waals surface area contributed by atoms with E-state index in [1.807, 2.05) is 0 Å². The van der Waals surface area contributed by atoms with E-state index in [2.05, 4.69) is 20.5 Å². The van der Waals surface area contributed by atoms with E-state index in [0.29, 0.717) is 13.2 Å². The van der Waals surface area contributed by atoms with Gasteiger partial charge in [0.1, 0.15) is 0 Å². The summed E-state index contributed by atoms with van der Waals surface area (Å²) in [4.78, 5) is 26.1. The summed E-state index contributed by atoms with van der Waals surface area (Å²) in [7, 11) is 1.73. The highest BCUT2D eigenvalue weighted by atomic mass is 16.5. The number of hydrogen-bond acceptors (Lipinski definition) is 6. The minimum absolute atomic E-state index is 0.0156. The number of ether oxygens (including phenoxy) is 1. The molecular formula is C9H15N5O3. The van der Waals surface area contributed by atoms with E-state index in [4.69, 9.17) is 4.74 Å². The topological polar surface area (TPSA) is 103 Å². The highest BCUT2D eigenvalue weighted by Crippen LogP contribution is 2.03. The average Bonchev–Trinajstić information content (AvgIpc) is 2.30. The number of anilines is 1. The second-order valence-corrected chi connectivity index (χ2v) is 3.91. The van der Waals surface area contributed by atoms with Crippen LogP contribution in [-0.4, -0.2) is 54.6 Å². The van der Waals surface area contributed by atoms with Gasteiger partial charge in [0.05, 0.1) is 12.7 Å². The Hall–Kier alpha value is -1.67. The third kappa shape index (κ3) is 2.92. The number of likely N-dealkylation sites (N-methyl/N-ethyl adjacent to an activating group) is 1. The number of H-pyrrole nitrogens is 2. The molecule has 2 heterocycles. The van der Waals surface area contributed by atoms with Crippen molar-refractivity contribution in [1.82, 2.24) is 20.5 Å². The lowest BCUT2D eigenvalue weighted by Gasteiger charge is -2.27. The number of hydrogen-bond donors (Lipinski definition) is 3. The van der Waals surface area contributed by atoms with Crippen LogP contribution in [0.4, 0.5) is 5.82 Å². The Kier molecular flexibility index (Phi) is 3.55. The monoisotopic (exact) mass is 241 g/mol. The zero-order valence-corrected chi connectivity index (χ0v) is 9.52. The van der Waals surface area contributed by atoms with Gasteiger partial charge in [-0.3, -0.25) is 9.78 Å². The lowest BCUT2D eigenvalue weighted by atomic mass is 10.3. The molecule has 8 heteroatoms. The van der Waals surface area contributed by atoms with Gasteiger partial charge >= 0.3 is 5.69 Å². The quantitative estimate of drug-likeness (QED) is 0.559. The molecule has 8 nitrogen and oxygen atoms in total. The van der Waals surface area contributed by atoms with E-state index in [1.165, 1.54) is 0 Å². The Balaban J connectivity index is 2.05. The molecule has 1 fully saturated rings. The molecule has 0 saturated carbocycles. The molecule has 0 aliphatic carbocycles. The van der Waals surface area contributed by atoms with Gasteiger partial charge in [-0.05, 0) is 0 Å². The molecule has 0 amide bonds. The van der Waals surface area contributed by atoms with Crippen LogP contribution in [0, 0.1) is 0 Å². The van der Waals surface area contributed by atoms with E-state index in [0.717, 1.165) is 13.1 Å². The van der Waals surface area contributed by atoms with Crippen LogP contribution in [0.1, 0.15) is 0 Å². The smallest absolute Gasteiger partial charge is 0.342 e. The SMILES string of the molecule is CN(CC1CNCCO1)c1n[nH]c(=O)[nH]c1=O. The number of aromatic nitrogens is 3. The van der Waals surface area contributed by atoms with Gasteiger partial charge in [0.15, 0.2) is 0 Å². The number of nitrogens with zero attached hydrogens (tertiary/aromatic N) is 2. The number of nitrogens with one attached hydrogen (secondary N) is 3. The molecule has 1 saturated heterocycles. The molecule has 1 aliphatic heterocycles. The summed E-state index contributed by atoms with van der Waals surface area (Å²) in [5.41, 5.74) is -1.11. The van der Waals surface area contributed by atoms with Crippen molar-refractivity contribution in [2.45, 2.75) is 6.10 Å². The fourth-order valence-corrected chi connectivity index (χ4v) is 1.73. The van der Waals surface area contributed by atoms with Crippen LogP contribution < -0.4 is 21.5 Å². The Morgan fingerprint density at radius 2 is 2.35 bits per heavy atom. The summed E-state index contributed by atoms with van der Waals surface area (Å²) in [6.45, 7) is 2.78. The maximum absolute atomic E-state index is 11.5. The average molecular weight is 241 g/mol. The molecule has 3 N–H and O–H groups in total. The first kappa shape index (κ1) is 11.8. The van der Waals surface area contributed by atoms with Gasteiger partial charge in [0.2, 0.25) is 5.82 Å². The molecule has 1 aromatic heterocycles. The second-order valence-electron chi connectivity index (χ2n) is 3.91. The van der Waals surface area contributed by atoms with Crippen LogP contribution in [-0.2, 0) is 4.74 Å². The summed E-state index contributed by atoms with van der Waals surface area (Å²) in [6.07, 6.45) is 0.0156. The molecule has 17 heavy (non-hydrogen) atoms. The first-order valence-electron chi connectivity index (χ1n) is 5.39. The van der Waals surface area contributed by atoms with Crippen LogP contribution in [0.15, 0.2) is 9.59 Å². The molecule has 1 aromatic rings. The Labute approximate surface area is 97.0 Å². The first-order chi connectivity index (χ1) is 8.16. The van der Waals surface area contributed by atoms with E-state index in [-0.39, 0.29) is 11.9 Å². The van der Waals surface area contributed by atoms with E-state index in [1.54, 1.807) is 11.9 Å². The molecule has 2 rings (SSSR count). The predicted molar refractivity (Wildman–Crippen MR) is 61.4 cm³/mol. The van der Waals surface area contributed by atoms with Crippen LogP contribution in [0.5, 0.6) is 0 Å². The van der Waals surface area contributed by atoms with Gasteiger partial charge < -0.3 is 15.0 Å². The Morgan fingerprint density at radius 3 is 3.00 bits per heavy atom. The van der Waals surface area contributed by atoms with Gasteiger partial charge in [-0.15, -0.1) is 5.10 Å². The normalized spacial score (nSPS) is 20.2. The van der Waals surface area contributed by atoms with Crippen LogP contribution in [0.25, 0.3) is 0 Å². The lowest BCUT2D eigenvalue weighted by Crippen LogP contribution is -2.46. The van der Waals surface area contributed by atoms with Crippen LogP contribution >= 0.6 is 0 Å². The van der Waals surface area contributed by atoms with Gasteiger partial charge in [-0.25, -0.2) is 9.89 Å². The maximum Gasteiger partial charge on any atom is 0.342 e. The summed E-state index contributed by atoms with van der Waals surface area (Å²) in [5.74, 6) is 0.179. The third-order valence-corrected chi connectivity index (χ3v) is 2.54. The molecule has 0 radical (unpaired) electrons. The van der Waals surface area contributed by atoms with Crippen molar-refractivity contribution in [3.8, 4) is 0 Å². The highest BCUT2D eigenvalue weighted by Gasteiger charge is 2.18. The van der Waals surface area contributed by atoms with Gasteiger partial charge in [-0.1, -0.05) is 0 Å². The van der Waals surface area contributed by atoms with Crippen molar-refractivity contribution in [1.29, 1.82) is 0 Å². The van der Waals surface area contributed by atoms with Crippen LogP contribution in [0.2, 0.25) is 0 Å². The summed E-state index contributed by atoms with van der Waals surface area (Å²) >= 11 is 0. The van der Waals surface area contributed by atoms with Crippen molar-refractivity contribution < 1.29 is 4.74 Å². The standard InChI is InChI=1S/C9H15N5O3/c1-14(5-6-4-10-2-3-17-6)7-8(15)11-9(16)13-12-7/h6,10H,2-5H2,1H3,(H2,11,13,15,16). The van der Waals surface area contributed by atoms with Crippen molar-refractivity contribution in [2.24, 2.45) is 0 Å². The largest absolute Gasteiger partial charge is 0.374 e. The highest BCUT2D eigenvalue weighted by molar-refractivity contribution is 5.32. The zero-order valence-electron chi connectivity index (χ0n) is 9.52. The van der Waals surface area contributed by atoms with Crippen LogP contribution in [0.3, 0.4) is 0 Å². The number of rotatable bonds is 3. The minimum atomic E-state index is -0.609. The lowest BCUT2D eigenvalue weighted by molar-refractivity contribution is 0.0339. The predicted octanol–water partition coefficient (Wildman–Crippen LogP) is -2.12. The Morgan fingerprint density at radius 1 is 1.53 bits per heavy atom. The Bertz CT molecular complexity index is 476. The fraction of sp³-hybridized carbons (Fsp3) is 0.667. The first-order valence-corrected chi connectivity index (χ1v) is 5.39. The van der Waals surface area contributed by atoms with E-state index >= 15 is 0 Å². The molecule has 94 valence electrons. The zero-order chi connectivity index (χ0) is 12.3. The second kappa shape index (κ2) is 5.11. The van der Waals surface area contributed by atoms with Crippen molar-refractivity contribution in [3.63, 3.8) is 0 Å². The third-order valence-electron chi connectivity index (χ3n) is 2.54. The molecule has 1 atom stereocenters. The summed E-state index contributed by atoms with van der Waals surface area (Å²) < 4.78 is 5.52. The minimum Gasteiger partial charge on any atom is -0.374 e. The van der Waals surface area contributed by atoms with Crippen molar-refractivity contribution in [2.75, 3.05) is 38.2 Å². The van der Waals surface area contributed by atoms with Crippen molar-refractivity contribution >= 4 is 5.82 Å². The number of morpholine rings is 1. The van der Waals surface area contributed by atoms with Crippen molar-refractivity contribution in [3.05, 3.63) is 20.8 Å². The maximum atomic E-state index is 11.5. The van der Waals surface area contributed by atoms with Gasteiger partial charge in [0, 0.05) is 26.7 Å². The molecule has 0 bridgehead atoms. The summed E-state index contributed by atoms with van der Waals surface area (Å²) in [6, 6.07) is 0. The van der Waals surface area contributed by atoms with E-state index < -0.39 is 11.2 Å². The molecular weight excluding hydrogens is 226 g/mol. The molecule has 1 unspecified atom stereocenters. The van der Waals surface area contributed by atoms with E-state index in [9.17, 15) is 9.59 Å². The molecule has 0 spiro atoms.